The fraction of sp³-hybridized carbons (Fsp3) is 0.667. The molecule has 16 heavy (non-hydrogen) atoms. The molecule has 90 valence electrons. The van der Waals surface area contributed by atoms with E-state index in [0.717, 1.165) is 19.3 Å². The molecule has 4 heteroatoms. The molecule has 2 N–H and O–H groups in total. The lowest BCUT2D eigenvalue weighted by atomic mass is 9.91. The van der Waals surface area contributed by atoms with Gasteiger partial charge in [0, 0.05) is 11.5 Å². The van der Waals surface area contributed by atoms with Gasteiger partial charge >= 0.3 is 5.97 Å². The zero-order valence-corrected chi connectivity index (χ0v) is 9.82. The first-order valence-corrected chi connectivity index (χ1v) is 5.59. The molecule has 1 aliphatic carbocycles. The van der Waals surface area contributed by atoms with Gasteiger partial charge in [-0.25, -0.2) is 0 Å². The molecule has 1 unspecified atom stereocenters. The Morgan fingerprint density at radius 3 is 2.62 bits per heavy atom. The van der Waals surface area contributed by atoms with Crippen LogP contribution >= 0.6 is 0 Å². The summed E-state index contributed by atoms with van der Waals surface area (Å²) in [7, 11) is 0. The van der Waals surface area contributed by atoms with Gasteiger partial charge in [-0.2, -0.15) is 0 Å². The summed E-state index contributed by atoms with van der Waals surface area (Å²) in [5.74, 6) is -0.928. The van der Waals surface area contributed by atoms with Crippen LogP contribution in [0.25, 0.3) is 0 Å². The summed E-state index contributed by atoms with van der Waals surface area (Å²) in [5, 5.41) is 11.5. The van der Waals surface area contributed by atoms with E-state index in [0.29, 0.717) is 0 Å². The van der Waals surface area contributed by atoms with Crippen molar-refractivity contribution in [2.24, 2.45) is 5.92 Å². The van der Waals surface area contributed by atoms with E-state index in [1.165, 1.54) is 0 Å². The van der Waals surface area contributed by atoms with Crippen molar-refractivity contribution < 1.29 is 14.7 Å². The lowest BCUT2D eigenvalue weighted by Gasteiger charge is -2.27. The highest BCUT2D eigenvalue weighted by Crippen LogP contribution is 2.19. The molecule has 0 aromatic rings. The van der Waals surface area contributed by atoms with Gasteiger partial charge in [-0.15, -0.1) is 0 Å². The number of hydrogen-bond acceptors (Lipinski definition) is 2. The minimum Gasteiger partial charge on any atom is -0.481 e. The molecule has 0 saturated heterocycles. The largest absolute Gasteiger partial charge is 0.481 e. The Morgan fingerprint density at radius 1 is 1.44 bits per heavy atom. The Bertz CT molecular complexity index is 307. The first kappa shape index (κ1) is 12.7. The predicted molar refractivity (Wildman–Crippen MR) is 61.0 cm³/mol. The second-order valence-electron chi connectivity index (χ2n) is 4.93. The number of carboxylic acids is 1. The van der Waals surface area contributed by atoms with Crippen molar-refractivity contribution in [3.63, 3.8) is 0 Å². The SMILES string of the molecule is CC(C)(CC(=O)O)NC(=O)C1CC=CCC1. The van der Waals surface area contributed by atoms with Gasteiger partial charge in [0.2, 0.25) is 5.91 Å². The molecule has 0 heterocycles. The number of carbonyl (C=O) groups is 2. The van der Waals surface area contributed by atoms with Gasteiger partial charge in [0.05, 0.1) is 6.42 Å². The summed E-state index contributed by atoms with van der Waals surface area (Å²) < 4.78 is 0. The molecule has 1 aliphatic rings. The highest BCUT2D eigenvalue weighted by Gasteiger charge is 2.27. The van der Waals surface area contributed by atoms with E-state index in [-0.39, 0.29) is 18.2 Å². The minimum atomic E-state index is -0.895. The maximum absolute atomic E-state index is 11.9. The number of amides is 1. The summed E-state index contributed by atoms with van der Waals surface area (Å²) in [6.07, 6.45) is 6.57. The number of aliphatic carboxylic acids is 1. The average Bonchev–Trinajstić information content (AvgIpc) is 2.16. The lowest BCUT2D eigenvalue weighted by molar-refractivity contribution is -0.139. The molecule has 1 atom stereocenters. The molecule has 0 saturated carbocycles. The highest BCUT2D eigenvalue weighted by atomic mass is 16.4. The van der Waals surface area contributed by atoms with Crippen molar-refractivity contribution >= 4 is 11.9 Å². The molecule has 1 rings (SSSR count). The van der Waals surface area contributed by atoms with Gasteiger partial charge in [-0.3, -0.25) is 9.59 Å². The van der Waals surface area contributed by atoms with E-state index >= 15 is 0 Å². The zero-order chi connectivity index (χ0) is 12.2. The second-order valence-corrected chi connectivity index (χ2v) is 4.93. The van der Waals surface area contributed by atoms with Crippen LogP contribution in [-0.4, -0.2) is 22.5 Å². The predicted octanol–water partition coefficient (Wildman–Crippen LogP) is 1.71. The smallest absolute Gasteiger partial charge is 0.305 e. The normalized spacial score (nSPS) is 20.5. The Labute approximate surface area is 95.7 Å². The van der Waals surface area contributed by atoms with Crippen LogP contribution in [0.1, 0.15) is 39.5 Å². The average molecular weight is 225 g/mol. The Hall–Kier alpha value is -1.32. The van der Waals surface area contributed by atoms with Crippen LogP contribution in [0.4, 0.5) is 0 Å². The number of allylic oxidation sites excluding steroid dienone is 2. The van der Waals surface area contributed by atoms with Crippen LogP contribution in [0.15, 0.2) is 12.2 Å². The third-order valence-corrected chi connectivity index (χ3v) is 2.69. The van der Waals surface area contributed by atoms with E-state index in [1.54, 1.807) is 13.8 Å². The zero-order valence-electron chi connectivity index (χ0n) is 9.82. The first-order chi connectivity index (χ1) is 7.41. The molecule has 4 nitrogen and oxygen atoms in total. The number of nitrogens with one attached hydrogen (secondary N) is 1. The quantitative estimate of drug-likeness (QED) is 0.716. The maximum atomic E-state index is 11.9. The topological polar surface area (TPSA) is 66.4 Å². The van der Waals surface area contributed by atoms with E-state index in [4.69, 9.17) is 5.11 Å². The van der Waals surface area contributed by atoms with Crippen LogP contribution < -0.4 is 5.32 Å². The molecule has 1 amide bonds. The molecule has 0 radical (unpaired) electrons. The third-order valence-electron chi connectivity index (χ3n) is 2.69. The van der Waals surface area contributed by atoms with Crippen molar-refractivity contribution in [3.8, 4) is 0 Å². The second kappa shape index (κ2) is 5.14. The highest BCUT2D eigenvalue weighted by molar-refractivity contribution is 5.80. The van der Waals surface area contributed by atoms with Crippen LogP contribution in [0.3, 0.4) is 0 Å². The van der Waals surface area contributed by atoms with E-state index < -0.39 is 11.5 Å². The van der Waals surface area contributed by atoms with E-state index in [2.05, 4.69) is 11.4 Å². The summed E-state index contributed by atoms with van der Waals surface area (Å²) in [5.41, 5.74) is -0.677. The van der Waals surface area contributed by atoms with Gasteiger partial charge in [-0.1, -0.05) is 12.2 Å². The van der Waals surface area contributed by atoms with Crippen molar-refractivity contribution in [2.75, 3.05) is 0 Å². The summed E-state index contributed by atoms with van der Waals surface area (Å²) in [6, 6.07) is 0. The molecule has 0 aromatic carbocycles. The summed E-state index contributed by atoms with van der Waals surface area (Å²) >= 11 is 0. The first-order valence-electron chi connectivity index (χ1n) is 5.59. The third kappa shape index (κ3) is 4.04. The van der Waals surface area contributed by atoms with Gasteiger partial charge in [0.25, 0.3) is 0 Å². The van der Waals surface area contributed by atoms with Crippen LogP contribution in [-0.2, 0) is 9.59 Å². The monoisotopic (exact) mass is 225 g/mol. The fourth-order valence-corrected chi connectivity index (χ4v) is 1.89. The van der Waals surface area contributed by atoms with Crippen molar-refractivity contribution in [3.05, 3.63) is 12.2 Å². The van der Waals surface area contributed by atoms with E-state index in [9.17, 15) is 9.59 Å². The Morgan fingerprint density at radius 2 is 2.12 bits per heavy atom. The Kier molecular flexibility index (Phi) is 4.10. The lowest BCUT2D eigenvalue weighted by Crippen LogP contribution is -2.47. The standard InChI is InChI=1S/C12H19NO3/c1-12(2,8-10(14)15)13-11(16)9-6-4-3-5-7-9/h3-4,9H,5-8H2,1-2H3,(H,13,16)(H,14,15). The number of rotatable bonds is 4. The van der Waals surface area contributed by atoms with Crippen LogP contribution in [0, 0.1) is 5.92 Å². The Balaban J connectivity index is 2.49. The van der Waals surface area contributed by atoms with Gasteiger partial charge < -0.3 is 10.4 Å². The van der Waals surface area contributed by atoms with Gasteiger partial charge in [0.15, 0.2) is 0 Å². The molecule has 0 spiro atoms. The minimum absolute atomic E-state index is 0.00179. The molecule has 0 fully saturated rings. The van der Waals surface area contributed by atoms with Crippen molar-refractivity contribution in [2.45, 2.75) is 45.1 Å². The fourth-order valence-electron chi connectivity index (χ4n) is 1.89. The molecular formula is C12H19NO3. The molecule has 0 bridgehead atoms. The molecule has 0 aromatic heterocycles. The summed E-state index contributed by atoms with van der Waals surface area (Å²) in [6.45, 7) is 3.47. The van der Waals surface area contributed by atoms with Crippen molar-refractivity contribution in [1.82, 2.24) is 5.32 Å². The van der Waals surface area contributed by atoms with Gasteiger partial charge in [-0.05, 0) is 33.1 Å². The van der Waals surface area contributed by atoms with Gasteiger partial charge in [0.1, 0.15) is 0 Å². The number of hydrogen-bond donors (Lipinski definition) is 2. The maximum Gasteiger partial charge on any atom is 0.305 e. The summed E-state index contributed by atoms with van der Waals surface area (Å²) in [4.78, 5) is 22.5. The van der Waals surface area contributed by atoms with Crippen molar-refractivity contribution in [1.29, 1.82) is 0 Å². The number of carboxylic acid groups (broad SMARTS) is 1. The molecular weight excluding hydrogens is 206 g/mol. The van der Waals surface area contributed by atoms with Crippen LogP contribution in [0.5, 0.6) is 0 Å². The van der Waals surface area contributed by atoms with Crippen LogP contribution in [0.2, 0.25) is 0 Å². The van der Waals surface area contributed by atoms with E-state index in [1.807, 2.05) is 6.08 Å². The molecule has 0 aliphatic heterocycles. The number of carbonyl (C=O) groups excluding carboxylic acids is 1.